The van der Waals surface area contributed by atoms with E-state index < -0.39 is 41.1 Å². The zero-order valence-corrected chi connectivity index (χ0v) is 22.8. The molecule has 204 valence electrons. The van der Waals surface area contributed by atoms with E-state index in [2.05, 4.69) is 0 Å². The summed E-state index contributed by atoms with van der Waals surface area (Å²) in [5.41, 5.74) is 0.200. The lowest BCUT2D eigenvalue weighted by atomic mass is 9.74. The normalized spacial score (nSPS) is 33.4. The molecular weight excluding hydrogens is 484 g/mol. The number of fused-ring (bicyclic) bond motifs is 2. The number of cyclic esters (lactones) is 1. The largest absolute Gasteiger partial charge is 0.465 e. The van der Waals surface area contributed by atoms with Crippen molar-refractivity contribution in [2.75, 3.05) is 24.7 Å². The third-order valence-electron chi connectivity index (χ3n) is 8.51. The predicted octanol–water partition coefficient (Wildman–Crippen LogP) is 3.09. The van der Waals surface area contributed by atoms with Crippen LogP contribution in [0.4, 0.5) is 5.69 Å². The summed E-state index contributed by atoms with van der Waals surface area (Å²) in [6, 6.07) is 4.24. The molecule has 4 heterocycles. The van der Waals surface area contributed by atoms with Gasteiger partial charge in [-0.15, -0.1) is 0 Å². The number of esters is 1. The summed E-state index contributed by atoms with van der Waals surface area (Å²) in [6.45, 7) is 9.99. The summed E-state index contributed by atoms with van der Waals surface area (Å²) in [6.07, 6.45) is 8.52. The Morgan fingerprint density at radius 3 is 2.42 bits per heavy atom. The quantitative estimate of drug-likeness (QED) is 0.472. The summed E-state index contributed by atoms with van der Waals surface area (Å²) in [7, 11) is 0. The van der Waals surface area contributed by atoms with Gasteiger partial charge in [-0.2, -0.15) is 0 Å². The molecule has 4 aliphatic rings. The van der Waals surface area contributed by atoms with Crippen molar-refractivity contribution in [1.82, 2.24) is 4.90 Å². The van der Waals surface area contributed by atoms with E-state index in [1.54, 1.807) is 11.8 Å². The van der Waals surface area contributed by atoms with Gasteiger partial charge in [-0.25, -0.2) is 0 Å². The van der Waals surface area contributed by atoms with Crippen LogP contribution in [0.25, 0.3) is 0 Å². The van der Waals surface area contributed by atoms with Crippen molar-refractivity contribution in [3.05, 3.63) is 53.6 Å². The molecule has 2 amide bonds. The second kappa shape index (κ2) is 9.65. The fourth-order valence-electron chi connectivity index (χ4n) is 7.07. The standard InChI is InChI=1S/C30H38N2O6/c1-18(2)16-21(17-33)32-25-27(35)31(24-19(3)10-8-11-20(24)4)14-9-13-30(25)22(26(32)34)23-28(36)37-15-7-6-12-29(23,5)38-30/h6,8-13,18,21-23,25,33H,7,14-17H2,1-5H3/t21-,22+,23+,25?,29-,30+/m1/s1. The number of aliphatic hydroxyl groups excluding tert-OH is 1. The molecule has 0 aliphatic carbocycles. The lowest BCUT2D eigenvalue weighted by Gasteiger charge is -2.41. The van der Waals surface area contributed by atoms with Crippen LogP contribution in [0.5, 0.6) is 0 Å². The molecule has 1 N–H and O–H groups in total. The van der Waals surface area contributed by atoms with E-state index in [0.717, 1.165) is 16.8 Å². The Bertz CT molecular complexity index is 1190. The molecule has 8 nitrogen and oxygen atoms in total. The monoisotopic (exact) mass is 522 g/mol. The molecule has 0 saturated carbocycles. The van der Waals surface area contributed by atoms with E-state index >= 15 is 0 Å². The van der Waals surface area contributed by atoms with E-state index in [-0.39, 0.29) is 30.9 Å². The fraction of sp³-hybridized carbons (Fsp3) is 0.567. The first-order valence-corrected chi connectivity index (χ1v) is 13.6. The van der Waals surface area contributed by atoms with Crippen molar-refractivity contribution >= 4 is 23.5 Å². The summed E-state index contributed by atoms with van der Waals surface area (Å²) in [5.74, 6) is -2.82. The van der Waals surface area contributed by atoms with Crippen molar-refractivity contribution in [2.24, 2.45) is 17.8 Å². The summed E-state index contributed by atoms with van der Waals surface area (Å²) < 4.78 is 12.4. The molecular formula is C30H38N2O6. The van der Waals surface area contributed by atoms with E-state index in [0.29, 0.717) is 19.4 Å². The number of ether oxygens (including phenoxy) is 2. The summed E-state index contributed by atoms with van der Waals surface area (Å²) in [4.78, 5) is 45.7. The summed E-state index contributed by atoms with van der Waals surface area (Å²) >= 11 is 0. The molecule has 5 rings (SSSR count). The molecule has 0 radical (unpaired) electrons. The van der Waals surface area contributed by atoms with Crippen molar-refractivity contribution in [1.29, 1.82) is 0 Å². The minimum atomic E-state index is -1.38. The third kappa shape index (κ3) is 3.92. The number of aliphatic hydroxyl groups is 1. The average molecular weight is 523 g/mol. The molecule has 2 saturated heterocycles. The van der Waals surface area contributed by atoms with E-state index in [1.165, 1.54) is 4.90 Å². The second-order valence-corrected chi connectivity index (χ2v) is 11.7. The molecule has 38 heavy (non-hydrogen) atoms. The van der Waals surface area contributed by atoms with Crippen molar-refractivity contribution in [3.63, 3.8) is 0 Å². The number of anilines is 1. The zero-order valence-electron chi connectivity index (χ0n) is 22.8. The minimum absolute atomic E-state index is 0.169. The maximum absolute atomic E-state index is 14.7. The highest BCUT2D eigenvalue weighted by Gasteiger charge is 2.75. The van der Waals surface area contributed by atoms with Gasteiger partial charge in [0.15, 0.2) is 0 Å². The van der Waals surface area contributed by atoms with Gasteiger partial charge < -0.3 is 24.4 Å². The van der Waals surface area contributed by atoms with Gasteiger partial charge in [0.1, 0.15) is 17.6 Å². The van der Waals surface area contributed by atoms with Gasteiger partial charge in [0.25, 0.3) is 5.91 Å². The number of nitrogens with zero attached hydrogens (tertiary/aromatic N) is 2. The Kier molecular flexibility index (Phi) is 6.76. The van der Waals surface area contributed by atoms with Gasteiger partial charge in [-0.3, -0.25) is 14.4 Å². The molecule has 6 atom stereocenters. The first-order chi connectivity index (χ1) is 18.1. The maximum Gasteiger partial charge on any atom is 0.313 e. The van der Waals surface area contributed by atoms with Crippen molar-refractivity contribution < 1.29 is 29.0 Å². The summed E-state index contributed by atoms with van der Waals surface area (Å²) in [5, 5.41) is 10.5. The van der Waals surface area contributed by atoms with Gasteiger partial charge in [0, 0.05) is 12.2 Å². The Morgan fingerprint density at radius 1 is 1.05 bits per heavy atom. The molecule has 1 aromatic carbocycles. The van der Waals surface area contributed by atoms with Gasteiger partial charge in [0.2, 0.25) is 5.91 Å². The van der Waals surface area contributed by atoms with Crippen LogP contribution in [-0.4, -0.2) is 70.8 Å². The topological polar surface area (TPSA) is 96.4 Å². The van der Waals surface area contributed by atoms with Crippen molar-refractivity contribution in [2.45, 2.75) is 70.7 Å². The maximum atomic E-state index is 14.7. The lowest BCUT2D eigenvalue weighted by molar-refractivity contribution is -0.160. The minimum Gasteiger partial charge on any atom is -0.465 e. The van der Waals surface area contributed by atoms with Crippen LogP contribution in [0.15, 0.2) is 42.5 Å². The van der Waals surface area contributed by atoms with Gasteiger partial charge in [-0.05, 0) is 50.7 Å². The molecule has 4 aliphatic heterocycles. The highest BCUT2D eigenvalue weighted by molar-refractivity contribution is 6.06. The van der Waals surface area contributed by atoms with Crippen LogP contribution in [0, 0.1) is 31.6 Å². The Balaban J connectivity index is 1.70. The van der Waals surface area contributed by atoms with E-state index in [1.807, 2.05) is 70.2 Å². The van der Waals surface area contributed by atoms with Crippen LogP contribution in [0.3, 0.4) is 0 Å². The van der Waals surface area contributed by atoms with Crippen molar-refractivity contribution in [3.8, 4) is 0 Å². The van der Waals surface area contributed by atoms with Gasteiger partial charge >= 0.3 is 5.97 Å². The molecule has 0 aromatic heterocycles. The molecule has 1 aromatic rings. The first-order valence-electron chi connectivity index (χ1n) is 13.6. The molecule has 1 unspecified atom stereocenters. The SMILES string of the molecule is Cc1cccc(C)c1N1CC=C[C@]23O[C@]4(C)C=CCCOC(=O)[C@@H]4[C@H]2C(=O)N([C@@H](CO)CC(C)C)C3C1=O. The van der Waals surface area contributed by atoms with Crippen LogP contribution in [0.2, 0.25) is 0 Å². The van der Waals surface area contributed by atoms with E-state index in [9.17, 15) is 19.5 Å². The smallest absolute Gasteiger partial charge is 0.313 e. The Labute approximate surface area is 224 Å². The lowest BCUT2D eigenvalue weighted by Crippen LogP contribution is -2.59. The number of hydrogen-bond acceptors (Lipinski definition) is 6. The molecule has 1 spiro atoms. The highest BCUT2D eigenvalue weighted by atomic mass is 16.6. The Hall–Kier alpha value is -2.97. The Morgan fingerprint density at radius 2 is 1.76 bits per heavy atom. The van der Waals surface area contributed by atoms with Crippen LogP contribution in [-0.2, 0) is 23.9 Å². The van der Waals surface area contributed by atoms with Crippen LogP contribution < -0.4 is 4.90 Å². The molecule has 2 fully saturated rings. The number of para-hydroxylation sites is 1. The number of hydrogen-bond donors (Lipinski definition) is 1. The number of carbonyl (C=O) groups is 3. The number of aryl methyl sites for hydroxylation is 2. The van der Waals surface area contributed by atoms with E-state index in [4.69, 9.17) is 9.47 Å². The number of benzene rings is 1. The van der Waals surface area contributed by atoms with Gasteiger partial charge in [-0.1, -0.05) is 56.4 Å². The zero-order chi connectivity index (χ0) is 27.4. The van der Waals surface area contributed by atoms with Crippen LogP contribution >= 0.6 is 0 Å². The predicted molar refractivity (Wildman–Crippen MR) is 142 cm³/mol. The number of likely N-dealkylation sites (tertiary alicyclic amines) is 1. The fourth-order valence-corrected chi connectivity index (χ4v) is 7.07. The molecule has 0 bridgehead atoms. The number of amides is 2. The average Bonchev–Trinajstić information content (AvgIpc) is 3.17. The highest BCUT2D eigenvalue weighted by Crippen LogP contribution is 2.58. The number of carbonyl (C=O) groups excluding carboxylic acids is 3. The second-order valence-electron chi connectivity index (χ2n) is 11.7. The molecule has 8 heteroatoms. The first kappa shape index (κ1) is 26.6. The third-order valence-corrected chi connectivity index (χ3v) is 8.51. The number of rotatable bonds is 5. The van der Waals surface area contributed by atoms with Crippen LogP contribution in [0.1, 0.15) is 44.7 Å². The van der Waals surface area contributed by atoms with Gasteiger partial charge in [0.05, 0.1) is 30.8 Å².